The largest absolute Gasteiger partial charge is 0.480 e. The zero-order chi connectivity index (χ0) is 14.8. The van der Waals surface area contributed by atoms with Crippen LogP contribution in [0.1, 0.15) is 38.5 Å². The molecular weight excluding hydrogens is 292 g/mol. The molecule has 0 amide bonds. The third kappa shape index (κ3) is 2.12. The van der Waals surface area contributed by atoms with Crippen molar-refractivity contribution >= 4 is 16.2 Å². The van der Waals surface area contributed by atoms with Crippen LogP contribution in [-0.2, 0) is 15.0 Å². The van der Waals surface area contributed by atoms with Crippen molar-refractivity contribution in [3.8, 4) is 0 Å². The van der Waals surface area contributed by atoms with Crippen LogP contribution in [0.3, 0.4) is 0 Å². The number of carboxylic acid groups (broad SMARTS) is 1. The molecule has 0 aromatic rings. The lowest BCUT2D eigenvalue weighted by atomic mass is 10.0. The van der Waals surface area contributed by atoms with Crippen LogP contribution in [-0.4, -0.2) is 42.4 Å². The van der Waals surface area contributed by atoms with E-state index in [2.05, 4.69) is 4.72 Å². The van der Waals surface area contributed by atoms with E-state index in [1.807, 2.05) is 0 Å². The first kappa shape index (κ1) is 14.0. The Morgan fingerprint density at radius 2 is 1.76 bits per heavy atom. The highest BCUT2D eigenvalue weighted by Crippen LogP contribution is 2.65. The van der Waals surface area contributed by atoms with Crippen LogP contribution in [0.2, 0.25) is 0 Å². The molecule has 4 fully saturated rings. The van der Waals surface area contributed by atoms with Gasteiger partial charge in [-0.3, -0.25) is 4.79 Å². The van der Waals surface area contributed by atoms with E-state index in [4.69, 9.17) is 0 Å². The summed E-state index contributed by atoms with van der Waals surface area (Å²) in [6.07, 6.45) is 5.69. The summed E-state index contributed by atoms with van der Waals surface area (Å²) in [5.74, 6) is 1.41. The highest BCUT2D eigenvalue weighted by atomic mass is 32.2. The van der Waals surface area contributed by atoms with Crippen LogP contribution in [0.4, 0.5) is 0 Å². The monoisotopic (exact) mass is 314 g/mol. The second-order valence-corrected chi connectivity index (χ2v) is 8.75. The van der Waals surface area contributed by atoms with Gasteiger partial charge in [-0.15, -0.1) is 0 Å². The number of nitrogens with zero attached hydrogens (tertiary/aromatic N) is 1. The van der Waals surface area contributed by atoms with Gasteiger partial charge in [-0.2, -0.15) is 17.4 Å². The van der Waals surface area contributed by atoms with Gasteiger partial charge in [0, 0.05) is 12.6 Å². The molecule has 3 aliphatic carbocycles. The molecule has 2 bridgehead atoms. The molecule has 7 heteroatoms. The summed E-state index contributed by atoms with van der Waals surface area (Å²) < 4.78 is 29.1. The van der Waals surface area contributed by atoms with E-state index in [0.717, 1.165) is 12.8 Å². The number of carboxylic acids is 1. The predicted molar refractivity (Wildman–Crippen MR) is 75.6 cm³/mol. The number of carbonyl (C=O) groups is 1. The van der Waals surface area contributed by atoms with Gasteiger partial charge >= 0.3 is 5.97 Å². The second kappa shape index (κ2) is 4.67. The Labute approximate surface area is 125 Å². The lowest BCUT2D eigenvalue weighted by Crippen LogP contribution is -2.53. The van der Waals surface area contributed by atoms with Gasteiger partial charge in [-0.25, -0.2) is 0 Å². The van der Waals surface area contributed by atoms with Crippen molar-refractivity contribution in [3.05, 3.63) is 0 Å². The smallest absolute Gasteiger partial charge is 0.322 e. The topological polar surface area (TPSA) is 86.7 Å². The molecule has 0 aromatic carbocycles. The number of piperidine rings is 1. The number of nitrogens with one attached hydrogen (secondary N) is 1. The highest BCUT2D eigenvalue weighted by molar-refractivity contribution is 7.87. The van der Waals surface area contributed by atoms with E-state index >= 15 is 0 Å². The maximum absolute atomic E-state index is 12.6. The first-order chi connectivity index (χ1) is 9.99. The highest BCUT2D eigenvalue weighted by Gasteiger charge is 2.66. The molecule has 118 valence electrons. The third-order valence-corrected chi connectivity index (χ3v) is 7.69. The fourth-order valence-corrected chi connectivity index (χ4v) is 6.86. The molecule has 3 saturated carbocycles. The molecule has 1 heterocycles. The maximum atomic E-state index is 12.6. The lowest BCUT2D eigenvalue weighted by Gasteiger charge is -2.32. The van der Waals surface area contributed by atoms with Crippen molar-refractivity contribution in [1.29, 1.82) is 0 Å². The summed E-state index contributed by atoms with van der Waals surface area (Å²) in [5.41, 5.74) is 0. The Morgan fingerprint density at radius 1 is 1.10 bits per heavy atom. The van der Waals surface area contributed by atoms with E-state index in [0.29, 0.717) is 36.6 Å². The molecule has 1 saturated heterocycles. The van der Waals surface area contributed by atoms with Gasteiger partial charge in [-0.1, -0.05) is 0 Å². The number of fused-ring (bicyclic) bond motifs is 5. The van der Waals surface area contributed by atoms with E-state index < -0.39 is 22.2 Å². The van der Waals surface area contributed by atoms with Crippen molar-refractivity contribution in [1.82, 2.24) is 9.03 Å². The van der Waals surface area contributed by atoms with E-state index in [1.165, 1.54) is 23.6 Å². The summed E-state index contributed by atoms with van der Waals surface area (Å²) in [7, 11) is -3.67. The van der Waals surface area contributed by atoms with E-state index in [1.54, 1.807) is 0 Å². The standard InChI is InChI=1S/C14H22N2O4S/c17-14(18)10-3-1-2-6-16(10)21(19,20)15-13-11-8-4-5-9(7-8)12(11)13/h8-13,15H,1-7H2,(H,17,18). The van der Waals surface area contributed by atoms with Crippen LogP contribution in [0.25, 0.3) is 0 Å². The second-order valence-electron chi connectivity index (χ2n) is 7.10. The number of hydrogen-bond donors (Lipinski definition) is 2. The Balaban J connectivity index is 1.48. The minimum absolute atomic E-state index is 0.0672. The molecule has 2 N–H and O–H groups in total. The van der Waals surface area contributed by atoms with Crippen LogP contribution < -0.4 is 4.72 Å². The average Bonchev–Trinajstić information content (AvgIpc) is 2.85. The summed E-state index contributed by atoms with van der Waals surface area (Å²) in [6.45, 7) is 0.321. The van der Waals surface area contributed by atoms with Crippen LogP contribution in [0.5, 0.6) is 0 Å². The van der Waals surface area contributed by atoms with Crippen molar-refractivity contribution < 1.29 is 18.3 Å². The first-order valence-corrected chi connectivity index (χ1v) is 9.45. The summed E-state index contributed by atoms with van der Waals surface area (Å²) in [4.78, 5) is 11.3. The molecule has 1 aliphatic heterocycles. The fourth-order valence-electron chi connectivity index (χ4n) is 5.16. The third-order valence-electron chi connectivity index (χ3n) is 6.07. The minimum atomic E-state index is -3.67. The molecule has 6 nitrogen and oxygen atoms in total. The maximum Gasteiger partial charge on any atom is 0.322 e. The van der Waals surface area contributed by atoms with Gasteiger partial charge in [-0.05, 0) is 62.2 Å². The Bertz CT molecular complexity index is 547. The summed E-state index contributed by atoms with van der Waals surface area (Å²) in [5, 5.41) is 9.24. The molecule has 0 aromatic heterocycles. The molecule has 4 aliphatic rings. The van der Waals surface area contributed by atoms with Gasteiger partial charge in [0.25, 0.3) is 10.2 Å². The van der Waals surface area contributed by atoms with Crippen LogP contribution >= 0.6 is 0 Å². The molecular formula is C14H22N2O4S. The van der Waals surface area contributed by atoms with Crippen molar-refractivity contribution in [2.45, 2.75) is 50.6 Å². The van der Waals surface area contributed by atoms with E-state index in [-0.39, 0.29) is 6.04 Å². The zero-order valence-electron chi connectivity index (χ0n) is 11.9. The molecule has 5 atom stereocenters. The van der Waals surface area contributed by atoms with Crippen molar-refractivity contribution in [3.63, 3.8) is 0 Å². The minimum Gasteiger partial charge on any atom is -0.480 e. The molecule has 0 spiro atoms. The average molecular weight is 314 g/mol. The molecule has 5 unspecified atom stereocenters. The fraction of sp³-hybridized carbons (Fsp3) is 0.929. The quantitative estimate of drug-likeness (QED) is 0.804. The van der Waals surface area contributed by atoms with Gasteiger partial charge in [0.15, 0.2) is 0 Å². The molecule has 21 heavy (non-hydrogen) atoms. The Hall–Kier alpha value is -0.660. The molecule has 0 radical (unpaired) electrons. The predicted octanol–water partition coefficient (Wildman–Crippen LogP) is 0.804. The van der Waals surface area contributed by atoms with Crippen LogP contribution in [0.15, 0.2) is 0 Å². The Morgan fingerprint density at radius 3 is 2.38 bits per heavy atom. The van der Waals surface area contributed by atoms with Crippen LogP contribution in [0, 0.1) is 23.7 Å². The Kier molecular flexibility index (Phi) is 3.10. The summed E-state index contributed by atoms with van der Waals surface area (Å²) >= 11 is 0. The van der Waals surface area contributed by atoms with Gasteiger partial charge in [0.05, 0.1) is 0 Å². The number of hydrogen-bond acceptors (Lipinski definition) is 3. The molecule has 4 rings (SSSR count). The normalized spacial score (nSPS) is 45.5. The number of aliphatic carboxylic acids is 1. The van der Waals surface area contributed by atoms with Crippen molar-refractivity contribution in [2.75, 3.05) is 6.54 Å². The van der Waals surface area contributed by atoms with Crippen molar-refractivity contribution in [2.24, 2.45) is 23.7 Å². The van der Waals surface area contributed by atoms with Gasteiger partial charge < -0.3 is 5.11 Å². The lowest BCUT2D eigenvalue weighted by molar-refractivity contribution is -0.142. The van der Waals surface area contributed by atoms with Gasteiger partial charge in [0.1, 0.15) is 6.04 Å². The van der Waals surface area contributed by atoms with E-state index in [9.17, 15) is 18.3 Å². The first-order valence-electron chi connectivity index (χ1n) is 8.01. The summed E-state index contributed by atoms with van der Waals surface area (Å²) in [6, 6.07) is -0.829. The SMILES string of the molecule is O=C(O)C1CCCCN1S(=O)(=O)NC1C2C3CCC(C3)C12. The van der Waals surface area contributed by atoms with Gasteiger partial charge in [0.2, 0.25) is 0 Å². The zero-order valence-corrected chi connectivity index (χ0v) is 12.8. The number of rotatable bonds is 4.